The maximum Gasteiger partial charge on any atom is 0.236 e. The lowest BCUT2D eigenvalue weighted by Crippen LogP contribution is -2.42. The van der Waals surface area contributed by atoms with Crippen LogP contribution in [0.25, 0.3) is 0 Å². The van der Waals surface area contributed by atoms with Gasteiger partial charge in [0.05, 0.1) is 21.8 Å². The first-order valence-electron chi connectivity index (χ1n) is 9.91. The van der Waals surface area contributed by atoms with Gasteiger partial charge in [0.2, 0.25) is 11.8 Å². The molecular formula is C23H26N2O5S. The van der Waals surface area contributed by atoms with Crippen molar-refractivity contribution < 1.29 is 22.7 Å². The second-order valence-corrected chi connectivity index (χ2v) is 10.1. The van der Waals surface area contributed by atoms with Gasteiger partial charge >= 0.3 is 0 Å². The largest absolute Gasteiger partial charge is 0.490 e. The van der Waals surface area contributed by atoms with Crippen LogP contribution in [0.1, 0.15) is 20.3 Å². The van der Waals surface area contributed by atoms with Gasteiger partial charge in [0.25, 0.3) is 0 Å². The van der Waals surface area contributed by atoms with E-state index in [1.165, 1.54) is 12.1 Å². The Hall–Kier alpha value is -3.13. The second-order valence-electron chi connectivity index (χ2n) is 7.99. The molecule has 1 heterocycles. The fourth-order valence-electron chi connectivity index (χ4n) is 3.23. The van der Waals surface area contributed by atoms with Crippen molar-refractivity contribution in [3.63, 3.8) is 0 Å². The normalized spacial score (nSPS) is 15.4. The molecule has 0 radical (unpaired) electrons. The van der Waals surface area contributed by atoms with Crippen molar-refractivity contribution >= 4 is 33.0 Å². The van der Waals surface area contributed by atoms with Crippen molar-refractivity contribution in [3.8, 4) is 5.75 Å². The minimum atomic E-state index is -3.54. The van der Waals surface area contributed by atoms with E-state index in [9.17, 15) is 18.0 Å². The van der Waals surface area contributed by atoms with Crippen LogP contribution < -0.4 is 15.0 Å². The molecule has 0 aromatic heterocycles. The second kappa shape index (κ2) is 8.93. The molecule has 0 spiro atoms. The summed E-state index contributed by atoms with van der Waals surface area (Å²) in [5, 5.41) is 2.71. The first-order chi connectivity index (χ1) is 14.6. The number of sulfone groups is 1. The van der Waals surface area contributed by atoms with Crippen LogP contribution in [0, 0.1) is 5.41 Å². The zero-order chi connectivity index (χ0) is 22.6. The third-order valence-electron chi connectivity index (χ3n) is 4.96. The van der Waals surface area contributed by atoms with Gasteiger partial charge in [-0.15, -0.1) is 6.58 Å². The summed E-state index contributed by atoms with van der Waals surface area (Å²) in [6.07, 6.45) is 1.47. The predicted molar refractivity (Wildman–Crippen MR) is 120 cm³/mol. The minimum Gasteiger partial charge on any atom is -0.490 e. The Morgan fingerprint density at radius 3 is 2.61 bits per heavy atom. The molecule has 31 heavy (non-hydrogen) atoms. The molecule has 0 aliphatic carbocycles. The fourth-order valence-corrected chi connectivity index (χ4v) is 4.49. The van der Waals surface area contributed by atoms with Gasteiger partial charge in [-0.3, -0.25) is 9.59 Å². The average Bonchev–Trinajstić information content (AvgIpc) is 2.83. The summed E-state index contributed by atoms with van der Waals surface area (Å²) in [5.41, 5.74) is 0.351. The van der Waals surface area contributed by atoms with Gasteiger partial charge in [-0.25, -0.2) is 8.42 Å². The van der Waals surface area contributed by atoms with E-state index in [0.717, 1.165) is 0 Å². The number of amides is 2. The summed E-state index contributed by atoms with van der Waals surface area (Å²) < 4.78 is 30.6. The number of carbonyl (C=O) groups is 2. The molecule has 1 aliphatic rings. The van der Waals surface area contributed by atoms with E-state index in [4.69, 9.17) is 4.74 Å². The minimum absolute atomic E-state index is 0.0749. The van der Waals surface area contributed by atoms with Gasteiger partial charge in [-0.2, -0.15) is 0 Å². The van der Waals surface area contributed by atoms with Gasteiger partial charge < -0.3 is 15.0 Å². The number of carbonyl (C=O) groups excluding carboxylic acids is 2. The molecule has 0 saturated heterocycles. The molecule has 1 N–H and O–H groups in total. The van der Waals surface area contributed by atoms with Crippen LogP contribution in [0.2, 0.25) is 0 Å². The number of hydrogen-bond donors (Lipinski definition) is 1. The Balaban J connectivity index is 1.72. The van der Waals surface area contributed by atoms with Crippen molar-refractivity contribution in [2.75, 3.05) is 29.1 Å². The van der Waals surface area contributed by atoms with Crippen LogP contribution in [-0.4, -0.2) is 39.1 Å². The highest BCUT2D eigenvalue weighted by molar-refractivity contribution is 7.91. The zero-order valence-electron chi connectivity index (χ0n) is 17.6. The van der Waals surface area contributed by atoms with Crippen LogP contribution in [-0.2, 0) is 19.4 Å². The number of nitrogens with zero attached hydrogens (tertiary/aromatic N) is 1. The molecule has 0 atom stereocenters. The highest BCUT2D eigenvalue weighted by Gasteiger charge is 2.37. The Bertz CT molecular complexity index is 1090. The lowest BCUT2D eigenvalue weighted by atomic mass is 9.93. The number of hydrogen-bond acceptors (Lipinski definition) is 5. The molecule has 2 aromatic rings. The molecule has 0 unspecified atom stereocenters. The van der Waals surface area contributed by atoms with E-state index in [2.05, 4.69) is 11.9 Å². The zero-order valence-corrected chi connectivity index (χ0v) is 18.4. The highest BCUT2D eigenvalue weighted by atomic mass is 32.2. The summed E-state index contributed by atoms with van der Waals surface area (Å²) in [4.78, 5) is 27.0. The third-order valence-corrected chi connectivity index (χ3v) is 6.69. The monoisotopic (exact) mass is 442 g/mol. The van der Waals surface area contributed by atoms with Gasteiger partial charge in [-0.05, 0) is 38.1 Å². The number of nitrogens with one attached hydrogen (secondary N) is 1. The van der Waals surface area contributed by atoms with E-state index >= 15 is 0 Å². The van der Waals surface area contributed by atoms with Crippen molar-refractivity contribution in [3.05, 3.63) is 61.2 Å². The van der Waals surface area contributed by atoms with Crippen molar-refractivity contribution in [2.45, 2.75) is 25.2 Å². The smallest absolute Gasteiger partial charge is 0.236 e. The van der Waals surface area contributed by atoms with Crippen LogP contribution in [0.15, 0.2) is 66.1 Å². The Kier molecular flexibility index (Phi) is 6.50. The molecule has 0 bridgehead atoms. The van der Waals surface area contributed by atoms with Crippen LogP contribution in [0.3, 0.4) is 0 Å². The van der Waals surface area contributed by atoms with E-state index in [-0.39, 0.29) is 29.6 Å². The summed E-state index contributed by atoms with van der Waals surface area (Å²) in [6, 6.07) is 13.0. The van der Waals surface area contributed by atoms with Crippen molar-refractivity contribution in [1.29, 1.82) is 0 Å². The standard InChI is InChI=1S/C23H26N2O5S/c1-4-13-25-19-11-10-17(15-20(19)30-16-23(2,3)22(25)27)24-21(26)12-14-31(28,29)18-8-6-5-7-9-18/h4-11,15H,1,12-14,16H2,2-3H3,(H,24,26). The Morgan fingerprint density at radius 2 is 1.94 bits per heavy atom. The summed E-state index contributed by atoms with van der Waals surface area (Å²) >= 11 is 0. The molecule has 2 amide bonds. The number of rotatable bonds is 7. The Labute approximate surface area is 182 Å². The molecule has 0 saturated carbocycles. The molecular weight excluding hydrogens is 416 g/mol. The summed E-state index contributed by atoms with van der Waals surface area (Å²) in [5.74, 6) is -0.322. The molecule has 0 fully saturated rings. The SMILES string of the molecule is C=CCN1C(=O)C(C)(C)COc2cc(NC(=O)CCS(=O)(=O)c3ccccc3)ccc21. The molecule has 164 valence electrons. The molecule has 7 nitrogen and oxygen atoms in total. The van der Waals surface area contributed by atoms with Crippen molar-refractivity contribution in [1.82, 2.24) is 0 Å². The quantitative estimate of drug-likeness (QED) is 0.663. The van der Waals surface area contributed by atoms with Gasteiger partial charge in [0, 0.05) is 24.7 Å². The van der Waals surface area contributed by atoms with E-state index in [1.807, 2.05) is 13.8 Å². The van der Waals surface area contributed by atoms with Crippen molar-refractivity contribution in [2.24, 2.45) is 5.41 Å². The fraction of sp³-hybridized carbons (Fsp3) is 0.304. The lowest BCUT2D eigenvalue weighted by molar-refractivity contribution is -0.127. The third kappa shape index (κ3) is 5.14. The molecule has 8 heteroatoms. The maximum atomic E-state index is 12.9. The van der Waals surface area contributed by atoms with E-state index < -0.39 is 21.2 Å². The number of anilines is 2. The molecule has 1 aliphatic heterocycles. The summed E-state index contributed by atoms with van der Waals surface area (Å²) in [7, 11) is -3.54. The van der Waals surface area contributed by atoms with Crippen LogP contribution in [0.5, 0.6) is 5.75 Å². The predicted octanol–water partition coefficient (Wildman–Crippen LogP) is 3.43. The first-order valence-corrected chi connectivity index (χ1v) is 11.6. The lowest BCUT2D eigenvalue weighted by Gasteiger charge is -2.27. The topological polar surface area (TPSA) is 92.8 Å². The number of fused-ring (bicyclic) bond motifs is 1. The van der Waals surface area contributed by atoms with E-state index in [0.29, 0.717) is 23.7 Å². The van der Waals surface area contributed by atoms with Gasteiger partial charge in [0.15, 0.2) is 9.84 Å². The number of ether oxygens (including phenoxy) is 1. The average molecular weight is 443 g/mol. The highest BCUT2D eigenvalue weighted by Crippen LogP contribution is 2.38. The molecule has 2 aromatic carbocycles. The van der Waals surface area contributed by atoms with Crippen LogP contribution >= 0.6 is 0 Å². The summed E-state index contributed by atoms with van der Waals surface area (Å²) in [6.45, 7) is 7.87. The van der Waals surface area contributed by atoms with Crippen LogP contribution in [0.4, 0.5) is 11.4 Å². The Morgan fingerprint density at radius 1 is 1.23 bits per heavy atom. The molecule has 3 rings (SSSR count). The van der Waals surface area contributed by atoms with Gasteiger partial charge in [0.1, 0.15) is 12.4 Å². The maximum absolute atomic E-state index is 12.9. The van der Waals surface area contributed by atoms with Gasteiger partial charge in [-0.1, -0.05) is 24.3 Å². The first kappa shape index (κ1) is 22.6. The van der Waals surface area contributed by atoms with E-state index in [1.54, 1.807) is 47.4 Å². The number of benzene rings is 2.